The molecule has 0 atom stereocenters. The summed E-state index contributed by atoms with van der Waals surface area (Å²) in [4.78, 5) is 18.6. The van der Waals surface area contributed by atoms with Crippen LogP contribution in [0.15, 0.2) is 43.0 Å². The van der Waals surface area contributed by atoms with Crippen LogP contribution in [0.3, 0.4) is 0 Å². The lowest BCUT2D eigenvalue weighted by molar-refractivity contribution is 0.0698. The fraction of sp³-hybridized carbons (Fsp3) is 0.154. The van der Waals surface area contributed by atoms with Crippen LogP contribution in [-0.2, 0) is 16.4 Å². The topological polar surface area (TPSA) is 109 Å². The van der Waals surface area contributed by atoms with Crippen molar-refractivity contribution in [2.24, 2.45) is 0 Å². The Labute approximate surface area is 121 Å². The van der Waals surface area contributed by atoms with Gasteiger partial charge in [-0.1, -0.05) is 0 Å². The maximum Gasteiger partial charge on any atom is 0.337 e. The maximum absolute atomic E-state index is 12.0. The number of carboxylic acids is 1. The molecule has 0 radical (unpaired) electrons. The molecule has 0 amide bonds. The smallest absolute Gasteiger partial charge is 0.337 e. The van der Waals surface area contributed by atoms with E-state index in [1.165, 1.54) is 18.5 Å². The number of anilines is 1. The van der Waals surface area contributed by atoms with Crippen molar-refractivity contribution in [1.82, 2.24) is 9.97 Å². The molecule has 0 aliphatic carbocycles. The highest BCUT2D eigenvalue weighted by atomic mass is 32.2. The van der Waals surface area contributed by atoms with Crippen molar-refractivity contribution < 1.29 is 18.3 Å². The molecule has 2 aromatic heterocycles. The Morgan fingerprint density at radius 3 is 2.48 bits per heavy atom. The average Bonchev–Trinajstić information content (AvgIpc) is 2.46. The van der Waals surface area contributed by atoms with Gasteiger partial charge >= 0.3 is 5.97 Å². The number of nitrogens with one attached hydrogen (secondary N) is 1. The summed E-state index contributed by atoms with van der Waals surface area (Å²) in [5.74, 6) is -1.38. The molecule has 0 unspecified atom stereocenters. The monoisotopic (exact) mass is 307 g/mol. The molecule has 0 bridgehead atoms. The van der Waals surface area contributed by atoms with Crippen LogP contribution in [0.25, 0.3) is 0 Å². The third-order valence-corrected chi connectivity index (χ3v) is 4.00. The molecule has 7 nitrogen and oxygen atoms in total. The second-order valence-corrected chi connectivity index (χ2v) is 6.09. The minimum Gasteiger partial charge on any atom is -0.478 e. The van der Waals surface area contributed by atoms with Crippen LogP contribution in [0.2, 0.25) is 0 Å². The zero-order valence-electron chi connectivity index (χ0n) is 10.9. The summed E-state index contributed by atoms with van der Waals surface area (Å²) in [6, 6.07) is 4.69. The van der Waals surface area contributed by atoms with Crippen molar-refractivity contribution in [3.8, 4) is 0 Å². The fourth-order valence-electron chi connectivity index (χ4n) is 1.68. The highest BCUT2D eigenvalue weighted by Gasteiger charge is 2.16. The summed E-state index contributed by atoms with van der Waals surface area (Å²) >= 11 is 0. The number of pyridine rings is 2. The van der Waals surface area contributed by atoms with Crippen molar-refractivity contribution in [1.29, 1.82) is 0 Å². The molecule has 8 heteroatoms. The van der Waals surface area contributed by atoms with Crippen molar-refractivity contribution in [2.45, 2.75) is 6.42 Å². The Morgan fingerprint density at radius 2 is 1.81 bits per heavy atom. The number of aromatic nitrogens is 2. The van der Waals surface area contributed by atoms with Gasteiger partial charge in [-0.25, -0.2) is 13.2 Å². The molecule has 0 aliphatic heterocycles. The molecule has 0 aliphatic rings. The predicted molar refractivity (Wildman–Crippen MR) is 76.5 cm³/mol. The van der Waals surface area contributed by atoms with E-state index in [0.29, 0.717) is 6.42 Å². The molecule has 2 heterocycles. The standard InChI is InChI=1S/C13H13N3O4S/c17-13(18)11-3-7-15-9-12(11)16-21(19,20)8-4-10-1-5-14-6-2-10/h1-3,5-7,9,16H,4,8H2,(H,17,18). The van der Waals surface area contributed by atoms with E-state index in [2.05, 4.69) is 14.7 Å². The molecular weight excluding hydrogens is 294 g/mol. The van der Waals surface area contributed by atoms with Gasteiger partial charge in [-0.05, 0) is 30.2 Å². The largest absolute Gasteiger partial charge is 0.478 e. The molecule has 0 saturated carbocycles. The van der Waals surface area contributed by atoms with Crippen LogP contribution in [0.4, 0.5) is 5.69 Å². The number of carboxylic acid groups (broad SMARTS) is 1. The number of rotatable bonds is 6. The summed E-state index contributed by atoms with van der Waals surface area (Å²) in [7, 11) is -3.66. The summed E-state index contributed by atoms with van der Waals surface area (Å²) in [6.45, 7) is 0. The van der Waals surface area contributed by atoms with Crippen molar-refractivity contribution in [3.05, 3.63) is 54.1 Å². The summed E-state index contributed by atoms with van der Waals surface area (Å²) < 4.78 is 26.3. The second kappa shape index (κ2) is 6.31. The van der Waals surface area contributed by atoms with E-state index in [1.54, 1.807) is 24.5 Å². The van der Waals surface area contributed by atoms with E-state index < -0.39 is 16.0 Å². The number of sulfonamides is 1. The first-order valence-electron chi connectivity index (χ1n) is 6.04. The Balaban J connectivity index is 2.10. The average molecular weight is 307 g/mol. The van der Waals surface area contributed by atoms with Crippen molar-refractivity contribution in [3.63, 3.8) is 0 Å². The van der Waals surface area contributed by atoms with E-state index in [1.807, 2.05) is 0 Å². The number of nitrogens with zero attached hydrogens (tertiary/aromatic N) is 2. The van der Waals surface area contributed by atoms with Gasteiger partial charge in [0.1, 0.15) is 0 Å². The molecular formula is C13H13N3O4S. The Kier molecular flexibility index (Phi) is 4.49. The van der Waals surface area contributed by atoms with Gasteiger partial charge in [0.05, 0.1) is 23.2 Å². The lowest BCUT2D eigenvalue weighted by Gasteiger charge is -2.09. The minimum absolute atomic E-state index is 0.0419. The minimum atomic E-state index is -3.66. The molecule has 0 fully saturated rings. The number of aromatic carboxylic acids is 1. The normalized spacial score (nSPS) is 11.0. The van der Waals surface area contributed by atoms with Crippen LogP contribution < -0.4 is 4.72 Å². The van der Waals surface area contributed by atoms with Gasteiger partial charge < -0.3 is 5.11 Å². The maximum atomic E-state index is 12.0. The van der Waals surface area contributed by atoms with Gasteiger partial charge in [0, 0.05) is 18.6 Å². The lowest BCUT2D eigenvalue weighted by atomic mass is 10.2. The molecule has 21 heavy (non-hydrogen) atoms. The molecule has 2 aromatic rings. The number of hydrogen-bond donors (Lipinski definition) is 2. The molecule has 110 valence electrons. The van der Waals surface area contributed by atoms with Crippen molar-refractivity contribution in [2.75, 3.05) is 10.5 Å². The van der Waals surface area contributed by atoms with Crippen LogP contribution in [0.5, 0.6) is 0 Å². The lowest BCUT2D eigenvalue weighted by Crippen LogP contribution is -2.20. The quantitative estimate of drug-likeness (QED) is 0.828. The zero-order chi connectivity index (χ0) is 15.3. The Morgan fingerprint density at radius 1 is 1.14 bits per heavy atom. The van der Waals surface area contributed by atoms with Gasteiger partial charge in [0.15, 0.2) is 0 Å². The first-order valence-corrected chi connectivity index (χ1v) is 7.70. The fourth-order valence-corrected chi connectivity index (χ4v) is 2.79. The third kappa shape index (κ3) is 4.25. The number of hydrogen-bond acceptors (Lipinski definition) is 5. The predicted octanol–water partition coefficient (Wildman–Crippen LogP) is 1.16. The summed E-state index contributed by atoms with van der Waals surface area (Å²) in [5.41, 5.74) is 0.650. The molecule has 0 spiro atoms. The highest BCUT2D eigenvalue weighted by molar-refractivity contribution is 7.92. The summed E-state index contributed by atoms with van der Waals surface area (Å²) in [6.07, 6.45) is 5.93. The summed E-state index contributed by atoms with van der Waals surface area (Å²) in [5, 5.41) is 9.00. The van der Waals surface area contributed by atoms with Gasteiger partial charge in [-0.2, -0.15) is 0 Å². The Hall–Kier alpha value is -2.48. The van der Waals surface area contributed by atoms with Gasteiger partial charge in [-0.3, -0.25) is 14.7 Å². The first-order chi connectivity index (χ1) is 9.98. The number of carbonyl (C=O) groups is 1. The Bertz CT molecular complexity index is 732. The third-order valence-electron chi connectivity index (χ3n) is 2.73. The van der Waals surface area contributed by atoms with Crippen molar-refractivity contribution >= 4 is 21.7 Å². The van der Waals surface area contributed by atoms with Gasteiger partial charge in [-0.15, -0.1) is 0 Å². The van der Waals surface area contributed by atoms with E-state index in [0.717, 1.165) is 5.56 Å². The van der Waals surface area contributed by atoms with E-state index in [9.17, 15) is 13.2 Å². The van der Waals surface area contributed by atoms with Crippen LogP contribution >= 0.6 is 0 Å². The number of aryl methyl sites for hydroxylation is 1. The second-order valence-electron chi connectivity index (χ2n) is 4.25. The molecule has 0 aromatic carbocycles. The van der Waals surface area contributed by atoms with E-state index in [-0.39, 0.29) is 17.0 Å². The molecule has 2 rings (SSSR count). The van der Waals surface area contributed by atoms with E-state index in [4.69, 9.17) is 5.11 Å². The highest BCUT2D eigenvalue weighted by Crippen LogP contribution is 2.15. The van der Waals surface area contributed by atoms with Gasteiger partial charge in [0.2, 0.25) is 10.0 Å². The van der Waals surface area contributed by atoms with Crippen LogP contribution in [0, 0.1) is 0 Å². The van der Waals surface area contributed by atoms with E-state index >= 15 is 0 Å². The van der Waals surface area contributed by atoms with Crippen LogP contribution in [0.1, 0.15) is 15.9 Å². The zero-order valence-corrected chi connectivity index (χ0v) is 11.7. The SMILES string of the molecule is O=C(O)c1ccncc1NS(=O)(=O)CCc1ccncc1. The van der Waals surface area contributed by atoms with Gasteiger partial charge in [0.25, 0.3) is 0 Å². The molecule has 2 N–H and O–H groups in total. The van der Waals surface area contributed by atoms with Crippen LogP contribution in [-0.4, -0.2) is 35.2 Å². The molecule has 0 saturated heterocycles. The first kappa shape index (κ1) is 14.9.